The number of phosphoric ester groups is 2. The van der Waals surface area contributed by atoms with Gasteiger partial charge in [-0.2, -0.15) is 9.36 Å². The summed E-state index contributed by atoms with van der Waals surface area (Å²) in [6.07, 6.45) is -1.67. The Morgan fingerprint density at radius 1 is 0.500 bits per heavy atom. The fourth-order valence-electron chi connectivity index (χ4n) is 9.62. The number of hydrogen-bond acceptors (Lipinski definition) is 23. The van der Waals surface area contributed by atoms with Gasteiger partial charge < -0.3 is 39.4 Å². The summed E-state index contributed by atoms with van der Waals surface area (Å²) < 4.78 is 142. The molecule has 8 rings (SSSR count). The van der Waals surface area contributed by atoms with Gasteiger partial charge in [0.25, 0.3) is 11.8 Å². The van der Waals surface area contributed by atoms with Crippen molar-refractivity contribution in [2.24, 2.45) is 9.98 Å². The summed E-state index contributed by atoms with van der Waals surface area (Å²) in [6, 6.07) is 27.3. The summed E-state index contributed by atoms with van der Waals surface area (Å²) in [7, 11) is -4.75. The molecule has 0 aliphatic rings. The average Bonchev–Trinajstić information content (AvgIpc) is 1.63. The number of benzene rings is 6. The molecule has 623 valence electrons. The van der Waals surface area contributed by atoms with Crippen molar-refractivity contribution in [3.8, 4) is 0 Å². The Morgan fingerprint density at radius 2 is 0.851 bits per heavy atom. The minimum Gasteiger partial charge on any atom is -0.478 e. The van der Waals surface area contributed by atoms with Gasteiger partial charge in [-0.05, 0) is 241 Å². The third-order valence-electron chi connectivity index (χ3n) is 14.1. The molecular formula is C76H93AgF4IN10O20P2. The summed E-state index contributed by atoms with van der Waals surface area (Å²) in [5.41, 5.74) is 0.731. The predicted molar refractivity (Wildman–Crippen MR) is 422 cm³/mol. The number of amides is 2. The summed E-state index contributed by atoms with van der Waals surface area (Å²) in [4.78, 5) is 83.8. The Labute approximate surface area is 686 Å². The first-order chi connectivity index (χ1) is 52.7. The Morgan fingerprint density at radius 3 is 1.18 bits per heavy atom. The molecule has 5 N–H and O–H groups in total. The average molecular weight is 1840 g/mol. The van der Waals surface area contributed by atoms with Crippen LogP contribution in [0.4, 0.5) is 38.8 Å². The SMILES string of the molecule is CC(C)(C)OP(=O)(OCc1ccc(C(=O)O)cc1)OC(C)(C)C.COC[C@H](C)N=C(NC(=O)c1ccc(F)c(F)c1)Nc1nn(C(=O)OCI)c2cc(C)ccc12.COC[C@H](C)N=C(NC(=O)c1ccc(F)c(F)c1)Nc1nn(C(=O)OCOC(=O)c2ccc(COP(=O)(OC(C)(C)C)OC(C)(C)C)cc2)c2cc(C)ccc12.[Ag]. The molecule has 0 fully saturated rings. The number of nitrogens with zero attached hydrogens (tertiary/aromatic N) is 6. The zero-order chi connectivity index (χ0) is 84.1. The number of carboxylic acid groups (broad SMARTS) is 1. The van der Waals surface area contributed by atoms with Gasteiger partial charge in [0, 0.05) is 58.5 Å². The molecule has 0 unspecified atom stereocenters. The molecule has 114 heavy (non-hydrogen) atoms. The van der Waals surface area contributed by atoms with E-state index in [2.05, 4.69) is 41.4 Å². The van der Waals surface area contributed by atoms with Gasteiger partial charge in [0.15, 0.2) is 34.9 Å². The van der Waals surface area contributed by atoms with Crippen LogP contribution in [0, 0.1) is 37.1 Å². The molecule has 0 aliphatic heterocycles. The van der Waals surface area contributed by atoms with Gasteiger partial charge in [-0.25, -0.2) is 55.9 Å². The molecule has 2 heterocycles. The molecule has 0 bridgehead atoms. The number of carbonyl (C=O) groups is 6. The number of rotatable bonds is 25. The topological polar surface area (TPSA) is 367 Å². The second-order valence-corrected chi connectivity index (χ2v) is 32.6. The van der Waals surface area contributed by atoms with E-state index in [0.717, 1.165) is 56.9 Å². The predicted octanol–water partition coefficient (Wildman–Crippen LogP) is 16.8. The molecule has 0 spiro atoms. The van der Waals surface area contributed by atoms with Gasteiger partial charge in [-0.1, -0.05) is 36.4 Å². The number of alkyl halides is 1. The molecule has 0 aliphatic carbocycles. The van der Waals surface area contributed by atoms with Crippen LogP contribution in [-0.2, 0) is 95.6 Å². The molecule has 38 heteroatoms. The minimum absolute atomic E-state index is 0. The largest absolute Gasteiger partial charge is 0.478 e. The van der Waals surface area contributed by atoms with Gasteiger partial charge in [-0.3, -0.25) is 47.4 Å². The standard InChI is InChI=1S/C38H46F2N5O10P.C22H22F2IN5O4.C16H25O6P.Ag/c1-23-10-16-28-31(18-23)45(44-32(28)42-35(41-24(2)20-50-9)43-33(46)27-15-17-29(39)30(40)19-27)36(48)52-22-51-34(47)26-13-11-25(12-14-26)21-53-56(49,54-37(3,4)5)55-38(6,7)8;1-12-4-6-15-18(8-12)30(22(32)34-11-25)29-19(15)27-21(26-13(2)10-33-3)28-20(31)14-5-7-16(23)17(24)9-14;1-15(2,3)21-23(19,22-16(4,5)6)20-11-12-7-9-13(10-8-12)14(17)18;/h10-19,24H,20-22H2,1-9H3,(H2,41,42,43,44,46);4-9,13H,10-11H2,1-3H3,(H2,26,27,28,29,31);7-10H,11H2,1-6H3,(H,17,18);/t24-;13-;;/m00../s1. The first-order valence-corrected chi connectivity index (χ1v) is 39.1. The maximum Gasteiger partial charge on any atom is 0.476 e. The quantitative estimate of drug-likeness (QED) is 0.00408. The summed E-state index contributed by atoms with van der Waals surface area (Å²) in [6.45, 7) is 27.6. The normalized spacial score (nSPS) is 12.8. The maximum atomic E-state index is 13.9. The van der Waals surface area contributed by atoms with E-state index in [0.29, 0.717) is 32.9 Å². The molecule has 0 saturated heterocycles. The number of anilines is 2. The smallest absolute Gasteiger partial charge is 0.476 e. The number of carbonyl (C=O) groups excluding carboxylic acids is 5. The molecule has 0 saturated carbocycles. The van der Waals surface area contributed by atoms with E-state index in [1.54, 1.807) is 158 Å². The number of carboxylic acids is 1. The second kappa shape index (κ2) is 42.3. The van der Waals surface area contributed by atoms with E-state index in [1.807, 2.05) is 35.6 Å². The minimum atomic E-state index is -3.96. The van der Waals surface area contributed by atoms with E-state index in [1.165, 1.54) is 38.5 Å². The van der Waals surface area contributed by atoms with E-state index >= 15 is 0 Å². The van der Waals surface area contributed by atoms with Crippen LogP contribution in [0.25, 0.3) is 21.8 Å². The van der Waals surface area contributed by atoms with Crippen molar-refractivity contribution in [3.05, 3.63) is 189 Å². The van der Waals surface area contributed by atoms with Crippen molar-refractivity contribution >= 4 is 120 Å². The number of hydrogen-bond donors (Lipinski definition) is 5. The number of aromatic carboxylic acids is 1. The fraction of sp³-hybridized carbons (Fsp3) is 0.395. The number of aliphatic imine (C=N–C) groups is 2. The molecule has 2 atom stereocenters. The van der Waals surface area contributed by atoms with E-state index in [4.69, 9.17) is 55.9 Å². The summed E-state index contributed by atoms with van der Waals surface area (Å²) in [5.74, 6) is -7.69. The number of fused-ring (bicyclic) bond motifs is 2. The maximum absolute atomic E-state index is 13.9. The van der Waals surface area contributed by atoms with E-state index < -0.39 is 110 Å². The number of guanidine groups is 2. The monoisotopic (exact) mass is 1840 g/mol. The number of ether oxygens (including phenoxy) is 5. The van der Waals surface area contributed by atoms with Crippen molar-refractivity contribution in [2.45, 2.75) is 158 Å². The van der Waals surface area contributed by atoms with Crippen LogP contribution >= 0.6 is 38.2 Å². The number of methoxy groups -OCH3 is 2. The zero-order valence-corrected chi connectivity index (χ0v) is 71.3. The van der Waals surface area contributed by atoms with Crippen LogP contribution in [0.2, 0.25) is 0 Å². The van der Waals surface area contributed by atoms with Crippen LogP contribution in [0.5, 0.6) is 0 Å². The Bertz CT molecular complexity index is 4810. The van der Waals surface area contributed by atoms with Crippen LogP contribution in [-0.4, -0.2) is 146 Å². The number of aromatic nitrogens is 4. The van der Waals surface area contributed by atoms with Crippen molar-refractivity contribution in [3.63, 3.8) is 0 Å². The van der Waals surface area contributed by atoms with Gasteiger partial charge in [-0.15, -0.1) is 10.2 Å². The molecule has 2 aromatic heterocycles. The molecule has 6 aromatic carbocycles. The van der Waals surface area contributed by atoms with E-state index in [9.17, 15) is 55.5 Å². The Hall–Kier alpha value is -8.65. The number of halogens is 5. The van der Waals surface area contributed by atoms with E-state index in [-0.39, 0.29) is 105 Å². The Balaban J connectivity index is 0.000000338. The van der Waals surface area contributed by atoms with Crippen LogP contribution in [0.3, 0.4) is 0 Å². The number of phosphoric acid groups is 2. The van der Waals surface area contributed by atoms with Crippen molar-refractivity contribution in [2.75, 3.05) is 49.5 Å². The number of esters is 1. The van der Waals surface area contributed by atoms with Crippen molar-refractivity contribution < 1.29 is 134 Å². The second-order valence-electron chi connectivity index (χ2n) is 29.0. The zero-order valence-electron chi connectivity index (χ0n) is 65.9. The molecule has 30 nitrogen and oxygen atoms in total. The van der Waals surface area contributed by atoms with Gasteiger partial charge >= 0.3 is 39.8 Å². The van der Waals surface area contributed by atoms with Crippen molar-refractivity contribution in [1.29, 1.82) is 0 Å². The van der Waals surface area contributed by atoms with Crippen LogP contribution in [0.15, 0.2) is 131 Å². The van der Waals surface area contributed by atoms with Gasteiger partial charge in [0.05, 0.1) is 83.1 Å². The summed E-state index contributed by atoms with van der Waals surface area (Å²) >= 11 is 1.90. The number of nitrogens with one attached hydrogen (secondary N) is 4. The van der Waals surface area contributed by atoms with Crippen molar-refractivity contribution in [1.82, 2.24) is 30.2 Å². The summed E-state index contributed by atoms with van der Waals surface area (Å²) in [5, 5.41) is 29.4. The molecule has 1 radical (unpaired) electrons. The third kappa shape index (κ3) is 31.2. The van der Waals surface area contributed by atoms with Crippen LogP contribution in [0.1, 0.15) is 161 Å². The fourth-order valence-corrected chi connectivity index (χ4v) is 13.5. The first-order valence-electron chi connectivity index (χ1n) is 34.7. The van der Waals surface area contributed by atoms with Crippen LogP contribution < -0.4 is 21.3 Å². The number of aryl methyl sites for hydroxylation is 2. The molecular weight excluding hydrogens is 1750 g/mol. The Kier molecular flexibility index (Phi) is 35.6. The molecule has 8 aromatic rings. The first kappa shape index (κ1) is 95.9. The van der Waals surface area contributed by atoms with Gasteiger partial charge in [0.1, 0.15) is 4.61 Å². The third-order valence-corrected chi connectivity index (χ3v) is 18.4. The van der Waals surface area contributed by atoms with Gasteiger partial charge in [0.2, 0.25) is 18.7 Å². The molecule has 2 amide bonds.